The first kappa shape index (κ1) is 8.39. The monoisotopic (exact) mass is 132 g/mol. The van der Waals surface area contributed by atoms with Crippen molar-refractivity contribution in [3.05, 3.63) is 0 Å². The van der Waals surface area contributed by atoms with Gasteiger partial charge in [0, 0.05) is 13.5 Å². The third-order valence-electron chi connectivity index (χ3n) is 0.709. The van der Waals surface area contributed by atoms with E-state index in [0.717, 1.165) is 0 Å². The van der Waals surface area contributed by atoms with E-state index in [-0.39, 0.29) is 5.97 Å². The van der Waals surface area contributed by atoms with Gasteiger partial charge in [0.2, 0.25) is 0 Å². The van der Waals surface area contributed by atoms with Crippen LogP contribution in [-0.4, -0.2) is 26.2 Å². The average molecular weight is 132 g/mol. The van der Waals surface area contributed by atoms with Crippen molar-refractivity contribution in [2.75, 3.05) is 20.2 Å². The van der Waals surface area contributed by atoms with Gasteiger partial charge in [-0.1, -0.05) is 0 Å². The largest absolute Gasteiger partial charge is 0.464 e. The summed E-state index contributed by atoms with van der Waals surface area (Å²) >= 11 is 0. The number of hydrogen-bond acceptors (Lipinski definition) is 4. The van der Waals surface area contributed by atoms with E-state index in [2.05, 4.69) is 15.6 Å². The molecule has 0 unspecified atom stereocenters. The lowest BCUT2D eigenvalue weighted by atomic mass is 10.7. The van der Waals surface area contributed by atoms with Crippen LogP contribution in [-0.2, 0) is 9.53 Å². The molecule has 0 fully saturated rings. The highest BCUT2D eigenvalue weighted by atomic mass is 16.5. The van der Waals surface area contributed by atoms with E-state index in [1.54, 1.807) is 7.05 Å². The molecule has 0 rings (SSSR count). The lowest BCUT2D eigenvalue weighted by Crippen LogP contribution is -2.31. The summed E-state index contributed by atoms with van der Waals surface area (Å²) in [5, 5.41) is 0. The maximum atomic E-state index is 10.1. The van der Waals surface area contributed by atoms with Gasteiger partial charge in [0.05, 0.1) is 0 Å². The second kappa shape index (κ2) is 5.53. The Bertz CT molecular complexity index is 85.0. The van der Waals surface area contributed by atoms with Gasteiger partial charge < -0.3 is 4.74 Å². The Labute approximate surface area is 54.5 Å². The van der Waals surface area contributed by atoms with Gasteiger partial charge in [0.15, 0.2) is 0 Å². The molecule has 0 saturated heterocycles. The van der Waals surface area contributed by atoms with Crippen LogP contribution in [0.5, 0.6) is 0 Å². The van der Waals surface area contributed by atoms with Gasteiger partial charge in [-0.3, -0.25) is 15.6 Å². The van der Waals surface area contributed by atoms with Crippen molar-refractivity contribution in [3.8, 4) is 0 Å². The number of ether oxygens (including phenoxy) is 1. The Morgan fingerprint density at radius 3 is 2.78 bits per heavy atom. The summed E-state index contributed by atoms with van der Waals surface area (Å²) < 4.78 is 4.60. The first-order valence-corrected chi connectivity index (χ1v) is 2.80. The molecule has 4 heteroatoms. The zero-order valence-electron chi connectivity index (χ0n) is 5.73. The van der Waals surface area contributed by atoms with Crippen molar-refractivity contribution in [1.29, 1.82) is 0 Å². The zero-order chi connectivity index (χ0) is 7.11. The molecule has 0 radical (unpaired) electrons. The normalized spacial score (nSPS) is 9.11. The fourth-order valence-electron chi connectivity index (χ4n) is 0.371. The third kappa shape index (κ3) is 7.39. The Hall–Kier alpha value is -0.610. The average Bonchev–Trinajstić information content (AvgIpc) is 1.80. The molecule has 0 aliphatic carbocycles. The zero-order valence-corrected chi connectivity index (χ0v) is 5.73. The molecule has 0 saturated carbocycles. The van der Waals surface area contributed by atoms with Crippen LogP contribution in [0.4, 0.5) is 0 Å². The molecule has 4 nitrogen and oxygen atoms in total. The smallest absolute Gasteiger partial charge is 0.302 e. The topological polar surface area (TPSA) is 50.4 Å². The van der Waals surface area contributed by atoms with E-state index in [1.165, 1.54) is 6.92 Å². The van der Waals surface area contributed by atoms with Crippen LogP contribution in [0, 0.1) is 0 Å². The van der Waals surface area contributed by atoms with Crippen LogP contribution in [0.25, 0.3) is 0 Å². The van der Waals surface area contributed by atoms with E-state index in [1.807, 2.05) is 0 Å². The Morgan fingerprint density at radius 1 is 1.67 bits per heavy atom. The first-order chi connectivity index (χ1) is 4.27. The highest BCUT2D eigenvalue weighted by Gasteiger charge is 1.88. The Morgan fingerprint density at radius 2 is 2.33 bits per heavy atom. The van der Waals surface area contributed by atoms with Gasteiger partial charge in [0.1, 0.15) is 6.61 Å². The number of hydrazine groups is 1. The fourth-order valence-corrected chi connectivity index (χ4v) is 0.371. The lowest BCUT2D eigenvalue weighted by Gasteiger charge is -2.01. The number of hydrogen-bond donors (Lipinski definition) is 2. The minimum Gasteiger partial charge on any atom is -0.464 e. The summed E-state index contributed by atoms with van der Waals surface area (Å²) in [6, 6.07) is 0. The van der Waals surface area contributed by atoms with E-state index >= 15 is 0 Å². The number of nitrogens with one attached hydrogen (secondary N) is 2. The lowest BCUT2D eigenvalue weighted by molar-refractivity contribution is -0.140. The van der Waals surface area contributed by atoms with Gasteiger partial charge in [-0.15, -0.1) is 0 Å². The molecule has 0 aromatic heterocycles. The molecule has 0 heterocycles. The summed E-state index contributed by atoms with van der Waals surface area (Å²) in [4.78, 5) is 10.1. The molecule has 0 aromatic rings. The van der Waals surface area contributed by atoms with Crippen molar-refractivity contribution >= 4 is 5.97 Å². The van der Waals surface area contributed by atoms with Crippen molar-refractivity contribution in [2.45, 2.75) is 6.92 Å². The molecule has 9 heavy (non-hydrogen) atoms. The van der Waals surface area contributed by atoms with Gasteiger partial charge in [0.25, 0.3) is 0 Å². The molecule has 54 valence electrons. The molecule has 0 spiro atoms. The van der Waals surface area contributed by atoms with Crippen molar-refractivity contribution in [3.63, 3.8) is 0 Å². The minimum atomic E-state index is -0.243. The van der Waals surface area contributed by atoms with E-state index in [4.69, 9.17) is 0 Å². The molecular formula is C5H12N2O2. The summed E-state index contributed by atoms with van der Waals surface area (Å²) in [5.41, 5.74) is 5.48. The summed E-state index contributed by atoms with van der Waals surface area (Å²) in [7, 11) is 1.76. The van der Waals surface area contributed by atoms with Gasteiger partial charge in [-0.05, 0) is 7.05 Å². The summed E-state index contributed by atoms with van der Waals surface area (Å²) in [5.74, 6) is -0.243. The second-order valence-corrected chi connectivity index (χ2v) is 1.52. The summed E-state index contributed by atoms with van der Waals surface area (Å²) in [6.07, 6.45) is 0. The molecule has 0 bridgehead atoms. The number of rotatable bonds is 4. The predicted octanol–water partition coefficient (Wildman–Crippen LogP) is -0.727. The van der Waals surface area contributed by atoms with E-state index < -0.39 is 0 Å². The molecule has 0 aliphatic heterocycles. The minimum absolute atomic E-state index is 0.243. The molecule has 0 amide bonds. The molecule has 0 aliphatic rings. The van der Waals surface area contributed by atoms with Crippen LogP contribution in [0.1, 0.15) is 6.92 Å². The van der Waals surface area contributed by atoms with Crippen LogP contribution in [0.3, 0.4) is 0 Å². The predicted molar refractivity (Wildman–Crippen MR) is 33.7 cm³/mol. The van der Waals surface area contributed by atoms with Crippen LogP contribution in [0.15, 0.2) is 0 Å². The van der Waals surface area contributed by atoms with Crippen LogP contribution < -0.4 is 10.9 Å². The Balaban J connectivity index is 2.83. The Kier molecular flexibility index (Phi) is 5.15. The highest BCUT2D eigenvalue weighted by Crippen LogP contribution is 1.71. The maximum absolute atomic E-state index is 10.1. The van der Waals surface area contributed by atoms with Crippen molar-refractivity contribution in [1.82, 2.24) is 10.9 Å². The highest BCUT2D eigenvalue weighted by molar-refractivity contribution is 5.65. The molecular weight excluding hydrogens is 120 g/mol. The second-order valence-electron chi connectivity index (χ2n) is 1.52. The number of carbonyl (C=O) groups excluding carboxylic acids is 1. The van der Waals surface area contributed by atoms with Crippen molar-refractivity contribution < 1.29 is 9.53 Å². The standard InChI is InChI=1S/C5H12N2O2/c1-5(8)9-4-3-7-6-2/h6-7H,3-4H2,1-2H3. The van der Waals surface area contributed by atoms with E-state index in [9.17, 15) is 4.79 Å². The molecule has 0 aromatic carbocycles. The SMILES string of the molecule is CNNCCOC(C)=O. The first-order valence-electron chi connectivity index (χ1n) is 2.80. The fraction of sp³-hybridized carbons (Fsp3) is 0.800. The number of esters is 1. The van der Waals surface area contributed by atoms with Gasteiger partial charge in [-0.2, -0.15) is 0 Å². The summed E-state index contributed by atoms with van der Waals surface area (Å²) in [6.45, 7) is 2.44. The number of carbonyl (C=O) groups is 1. The van der Waals surface area contributed by atoms with E-state index in [0.29, 0.717) is 13.2 Å². The quantitative estimate of drug-likeness (QED) is 0.301. The van der Waals surface area contributed by atoms with Crippen LogP contribution in [0.2, 0.25) is 0 Å². The molecule has 0 atom stereocenters. The van der Waals surface area contributed by atoms with Gasteiger partial charge >= 0.3 is 5.97 Å². The third-order valence-corrected chi connectivity index (χ3v) is 0.709. The van der Waals surface area contributed by atoms with Crippen molar-refractivity contribution in [2.24, 2.45) is 0 Å². The maximum Gasteiger partial charge on any atom is 0.302 e. The van der Waals surface area contributed by atoms with Crippen LogP contribution >= 0.6 is 0 Å². The van der Waals surface area contributed by atoms with Gasteiger partial charge in [-0.25, -0.2) is 0 Å². The molecule has 2 N–H and O–H groups in total.